The molecular formula is C19H19FN4. The average Bonchev–Trinajstić information content (AvgIpc) is 2.61. The van der Waals surface area contributed by atoms with Crippen LogP contribution in [0.2, 0.25) is 0 Å². The number of nitrogens with one attached hydrogen (secondary N) is 1. The predicted octanol–water partition coefficient (Wildman–Crippen LogP) is 4.39. The third kappa shape index (κ3) is 4.07. The van der Waals surface area contributed by atoms with E-state index in [1.165, 1.54) is 24.0 Å². The normalized spacial score (nSPS) is 10.4. The molecule has 5 heteroatoms. The van der Waals surface area contributed by atoms with Gasteiger partial charge in [0, 0.05) is 24.8 Å². The molecule has 0 unspecified atom stereocenters. The summed E-state index contributed by atoms with van der Waals surface area (Å²) in [4.78, 5) is 10.7. The maximum absolute atomic E-state index is 13.3. The minimum absolute atomic E-state index is 0.284. The summed E-state index contributed by atoms with van der Waals surface area (Å²) in [6, 6.07) is 18.4. The topological polar surface area (TPSA) is 41.0 Å². The lowest BCUT2D eigenvalue weighted by atomic mass is 10.2. The summed E-state index contributed by atoms with van der Waals surface area (Å²) >= 11 is 0. The van der Waals surface area contributed by atoms with E-state index in [1.807, 2.05) is 24.3 Å². The van der Waals surface area contributed by atoms with Gasteiger partial charge in [-0.15, -0.1) is 0 Å². The van der Waals surface area contributed by atoms with Crippen molar-refractivity contribution in [1.29, 1.82) is 0 Å². The molecule has 0 saturated heterocycles. The first-order valence-electron chi connectivity index (χ1n) is 7.88. The van der Waals surface area contributed by atoms with Gasteiger partial charge in [-0.1, -0.05) is 36.4 Å². The third-order valence-electron chi connectivity index (χ3n) is 3.67. The van der Waals surface area contributed by atoms with E-state index in [0.29, 0.717) is 11.5 Å². The van der Waals surface area contributed by atoms with E-state index in [9.17, 15) is 4.39 Å². The van der Waals surface area contributed by atoms with Gasteiger partial charge in [0.25, 0.3) is 0 Å². The number of hydrogen-bond donors (Lipinski definition) is 1. The highest BCUT2D eigenvalue weighted by atomic mass is 19.1. The van der Waals surface area contributed by atoms with Crippen molar-refractivity contribution >= 4 is 17.3 Å². The standard InChI is InChI=1S/C19H19FN4/c1-2-24(13-15-7-4-3-5-8-15)19-12-18(21-14-22-19)23-17-10-6-9-16(20)11-17/h3-12,14H,2,13H2,1H3,(H,21,22,23). The Bertz CT molecular complexity index is 792. The number of nitrogens with zero attached hydrogens (tertiary/aromatic N) is 3. The molecule has 0 radical (unpaired) electrons. The Morgan fingerprint density at radius 1 is 1.00 bits per heavy atom. The molecule has 0 aliphatic carbocycles. The Morgan fingerprint density at radius 2 is 1.83 bits per heavy atom. The van der Waals surface area contributed by atoms with Crippen molar-refractivity contribution in [2.24, 2.45) is 0 Å². The largest absolute Gasteiger partial charge is 0.352 e. The summed E-state index contributed by atoms with van der Waals surface area (Å²) in [5.41, 5.74) is 1.88. The Balaban J connectivity index is 1.78. The van der Waals surface area contributed by atoms with Crippen LogP contribution < -0.4 is 10.2 Å². The predicted molar refractivity (Wildman–Crippen MR) is 94.9 cm³/mol. The van der Waals surface area contributed by atoms with E-state index in [-0.39, 0.29) is 5.82 Å². The van der Waals surface area contributed by atoms with Crippen LogP contribution in [0.25, 0.3) is 0 Å². The average molecular weight is 322 g/mol. The highest BCUT2D eigenvalue weighted by Crippen LogP contribution is 2.20. The summed E-state index contributed by atoms with van der Waals surface area (Å²) in [5.74, 6) is 1.18. The van der Waals surface area contributed by atoms with E-state index < -0.39 is 0 Å². The zero-order valence-corrected chi connectivity index (χ0v) is 13.5. The van der Waals surface area contributed by atoms with Gasteiger partial charge in [-0.2, -0.15) is 0 Å². The minimum Gasteiger partial charge on any atom is -0.352 e. The minimum atomic E-state index is -0.284. The van der Waals surface area contributed by atoms with Gasteiger partial charge < -0.3 is 10.2 Å². The molecular weight excluding hydrogens is 303 g/mol. The first-order chi connectivity index (χ1) is 11.7. The Kier molecular flexibility index (Phi) is 5.01. The van der Waals surface area contributed by atoms with Gasteiger partial charge in [-0.05, 0) is 30.7 Å². The molecule has 2 aromatic carbocycles. The van der Waals surface area contributed by atoms with E-state index in [1.54, 1.807) is 12.1 Å². The molecule has 0 atom stereocenters. The van der Waals surface area contributed by atoms with Gasteiger partial charge in [0.2, 0.25) is 0 Å². The van der Waals surface area contributed by atoms with Crippen molar-refractivity contribution in [3.63, 3.8) is 0 Å². The second kappa shape index (κ2) is 7.55. The van der Waals surface area contributed by atoms with Gasteiger partial charge in [0.1, 0.15) is 23.8 Å². The molecule has 24 heavy (non-hydrogen) atoms. The number of aromatic nitrogens is 2. The fourth-order valence-electron chi connectivity index (χ4n) is 2.46. The summed E-state index contributed by atoms with van der Waals surface area (Å²) in [5, 5.41) is 3.11. The molecule has 0 bridgehead atoms. The smallest absolute Gasteiger partial charge is 0.135 e. The molecule has 1 heterocycles. The summed E-state index contributed by atoms with van der Waals surface area (Å²) in [7, 11) is 0. The van der Waals surface area contributed by atoms with Crippen molar-refractivity contribution in [2.75, 3.05) is 16.8 Å². The summed E-state index contributed by atoms with van der Waals surface area (Å²) in [6.45, 7) is 3.68. The quantitative estimate of drug-likeness (QED) is 0.731. The molecule has 4 nitrogen and oxygen atoms in total. The lowest BCUT2D eigenvalue weighted by Crippen LogP contribution is -2.23. The number of anilines is 3. The zero-order chi connectivity index (χ0) is 16.8. The van der Waals surface area contributed by atoms with Crippen molar-refractivity contribution in [1.82, 2.24) is 9.97 Å². The van der Waals surface area contributed by atoms with Gasteiger partial charge in [-0.3, -0.25) is 0 Å². The van der Waals surface area contributed by atoms with Gasteiger partial charge in [0.05, 0.1) is 0 Å². The van der Waals surface area contributed by atoms with Crippen LogP contribution in [-0.2, 0) is 6.54 Å². The first kappa shape index (κ1) is 15.9. The van der Waals surface area contributed by atoms with Crippen LogP contribution in [0, 0.1) is 5.82 Å². The van der Waals surface area contributed by atoms with Crippen LogP contribution in [-0.4, -0.2) is 16.5 Å². The van der Waals surface area contributed by atoms with Crippen LogP contribution in [0.15, 0.2) is 67.0 Å². The number of halogens is 1. The SMILES string of the molecule is CCN(Cc1ccccc1)c1cc(Nc2cccc(F)c2)ncn1. The third-order valence-corrected chi connectivity index (χ3v) is 3.67. The highest BCUT2D eigenvalue weighted by Gasteiger charge is 2.08. The Labute approximate surface area is 141 Å². The van der Waals surface area contributed by atoms with Crippen LogP contribution in [0.1, 0.15) is 12.5 Å². The van der Waals surface area contributed by atoms with Crippen molar-refractivity contribution in [3.8, 4) is 0 Å². The van der Waals surface area contributed by atoms with E-state index in [0.717, 1.165) is 18.9 Å². The first-order valence-corrected chi connectivity index (χ1v) is 7.88. The molecule has 0 fully saturated rings. The van der Waals surface area contributed by atoms with Crippen molar-refractivity contribution in [3.05, 3.63) is 78.4 Å². The Hall–Kier alpha value is -2.95. The lowest BCUT2D eigenvalue weighted by molar-refractivity contribution is 0.628. The molecule has 3 aromatic rings. The fourth-order valence-corrected chi connectivity index (χ4v) is 2.46. The molecule has 1 aromatic heterocycles. The molecule has 0 saturated carbocycles. The fraction of sp³-hybridized carbons (Fsp3) is 0.158. The van der Waals surface area contributed by atoms with Gasteiger partial charge in [0.15, 0.2) is 0 Å². The van der Waals surface area contributed by atoms with Crippen LogP contribution in [0.3, 0.4) is 0 Å². The molecule has 122 valence electrons. The van der Waals surface area contributed by atoms with Crippen molar-refractivity contribution < 1.29 is 4.39 Å². The monoisotopic (exact) mass is 322 g/mol. The summed E-state index contributed by atoms with van der Waals surface area (Å²) < 4.78 is 13.3. The van der Waals surface area contributed by atoms with Crippen LogP contribution >= 0.6 is 0 Å². The van der Waals surface area contributed by atoms with E-state index in [2.05, 4.69) is 39.2 Å². The lowest BCUT2D eigenvalue weighted by Gasteiger charge is -2.22. The highest BCUT2D eigenvalue weighted by molar-refractivity contribution is 5.59. The molecule has 1 N–H and O–H groups in total. The van der Waals surface area contributed by atoms with E-state index >= 15 is 0 Å². The number of benzene rings is 2. The van der Waals surface area contributed by atoms with Crippen LogP contribution in [0.4, 0.5) is 21.7 Å². The van der Waals surface area contributed by atoms with E-state index in [4.69, 9.17) is 0 Å². The zero-order valence-electron chi connectivity index (χ0n) is 13.5. The van der Waals surface area contributed by atoms with Crippen molar-refractivity contribution in [2.45, 2.75) is 13.5 Å². The van der Waals surface area contributed by atoms with Gasteiger partial charge >= 0.3 is 0 Å². The molecule has 0 aliphatic heterocycles. The second-order valence-electron chi connectivity index (χ2n) is 5.40. The summed E-state index contributed by atoms with van der Waals surface area (Å²) in [6.07, 6.45) is 1.52. The molecule has 0 amide bonds. The molecule has 0 aliphatic rings. The molecule has 3 rings (SSSR count). The Morgan fingerprint density at radius 3 is 2.58 bits per heavy atom. The van der Waals surface area contributed by atoms with Crippen LogP contribution in [0.5, 0.6) is 0 Å². The van der Waals surface area contributed by atoms with Gasteiger partial charge in [-0.25, -0.2) is 14.4 Å². The number of hydrogen-bond acceptors (Lipinski definition) is 4. The molecule has 0 spiro atoms. The number of rotatable bonds is 6. The maximum atomic E-state index is 13.3. The maximum Gasteiger partial charge on any atom is 0.135 e. The second-order valence-corrected chi connectivity index (χ2v) is 5.40.